The van der Waals surface area contributed by atoms with Crippen molar-refractivity contribution >= 4 is 21.8 Å². The molecule has 0 spiro atoms. The molecule has 1 aliphatic rings. The van der Waals surface area contributed by atoms with Crippen LogP contribution in [-0.4, -0.2) is 71.2 Å². The number of rotatable bonds is 8. The Labute approximate surface area is 170 Å². The van der Waals surface area contributed by atoms with Gasteiger partial charge in [0.2, 0.25) is 10.0 Å². The summed E-state index contributed by atoms with van der Waals surface area (Å²) >= 11 is 0. The predicted molar refractivity (Wildman–Crippen MR) is 104 cm³/mol. The molecule has 0 aromatic heterocycles. The highest BCUT2D eigenvalue weighted by molar-refractivity contribution is 7.89. The fourth-order valence-electron chi connectivity index (χ4n) is 2.79. The second kappa shape index (κ2) is 10.4. The summed E-state index contributed by atoms with van der Waals surface area (Å²) in [5.41, 5.74) is 0. The Bertz CT molecular complexity index is 829. The molecule has 1 aromatic rings. The predicted octanol–water partition coefficient (Wildman–Crippen LogP) is 0.0833. The first kappa shape index (κ1) is 22.9. The lowest BCUT2D eigenvalue weighted by Gasteiger charge is -2.34. The van der Waals surface area contributed by atoms with Crippen molar-refractivity contribution in [3.05, 3.63) is 18.2 Å². The number of hydrogen-bond acceptors (Lipinski definition) is 7. The Hall–Kier alpha value is -2.37. The van der Waals surface area contributed by atoms with Crippen LogP contribution in [0.25, 0.3) is 0 Å². The number of carbonyl (C=O) groups is 2. The number of ether oxygens (including phenoxy) is 3. The summed E-state index contributed by atoms with van der Waals surface area (Å²) in [5, 5.41) is 4.89. The van der Waals surface area contributed by atoms with Gasteiger partial charge in [0.25, 0.3) is 0 Å². The fraction of sp³-hybridized carbons (Fsp3) is 0.556. The molecule has 0 bridgehead atoms. The number of hydrogen-bond donors (Lipinski definition) is 2. The molecule has 2 amide bonds. The largest absolute Gasteiger partial charge is 0.493 e. The Balaban J connectivity index is 2.15. The summed E-state index contributed by atoms with van der Waals surface area (Å²) in [6.07, 6.45) is 0.278. The van der Waals surface area contributed by atoms with Crippen LogP contribution in [0.3, 0.4) is 0 Å². The van der Waals surface area contributed by atoms with Gasteiger partial charge in [-0.3, -0.25) is 9.59 Å². The molecule has 11 heteroatoms. The first-order valence-corrected chi connectivity index (χ1v) is 10.7. The van der Waals surface area contributed by atoms with Crippen molar-refractivity contribution in [2.24, 2.45) is 0 Å². The second-order valence-electron chi connectivity index (χ2n) is 6.28. The highest BCUT2D eigenvalue weighted by atomic mass is 32.2. The van der Waals surface area contributed by atoms with E-state index in [-0.39, 0.29) is 23.7 Å². The van der Waals surface area contributed by atoms with E-state index in [9.17, 15) is 18.0 Å². The van der Waals surface area contributed by atoms with E-state index in [1.54, 1.807) is 0 Å². The monoisotopic (exact) mass is 429 g/mol. The van der Waals surface area contributed by atoms with Gasteiger partial charge in [-0.2, -0.15) is 4.31 Å². The summed E-state index contributed by atoms with van der Waals surface area (Å²) < 4.78 is 43.3. The molecule has 1 aromatic carbocycles. The Kier molecular flexibility index (Phi) is 8.23. The summed E-state index contributed by atoms with van der Waals surface area (Å²) in [7, 11) is -1.06. The van der Waals surface area contributed by atoms with E-state index in [2.05, 4.69) is 10.6 Å². The summed E-state index contributed by atoms with van der Waals surface area (Å²) in [4.78, 5) is 23.6. The van der Waals surface area contributed by atoms with Crippen molar-refractivity contribution in [3.63, 3.8) is 0 Å². The molecule has 2 rings (SSSR count). The minimum Gasteiger partial charge on any atom is -0.493 e. The van der Waals surface area contributed by atoms with E-state index in [0.29, 0.717) is 31.7 Å². The highest BCUT2D eigenvalue weighted by Gasteiger charge is 2.35. The van der Waals surface area contributed by atoms with E-state index >= 15 is 0 Å². The van der Waals surface area contributed by atoms with Gasteiger partial charge in [0.05, 0.1) is 32.3 Å². The Morgan fingerprint density at radius 3 is 2.52 bits per heavy atom. The molecule has 1 aliphatic heterocycles. The number of nitrogens with one attached hydrogen (secondary N) is 2. The van der Waals surface area contributed by atoms with Crippen molar-refractivity contribution in [1.82, 2.24) is 14.9 Å². The van der Waals surface area contributed by atoms with Gasteiger partial charge in [0.15, 0.2) is 11.5 Å². The van der Waals surface area contributed by atoms with E-state index in [1.165, 1.54) is 36.7 Å². The van der Waals surface area contributed by atoms with Crippen molar-refractivity contribution < 1.29 is 32.2 Å². The number of methoxy groups -OCH3 is 2. The van der Waals surface area contributed by atoms with E-state index < -0.39 is 28.1 Å². The maximum atomic E-state index is 13.1. The Morgan fingerprint density at radius 1 is 1.17 bits per heavy atom. The van der Waals surface area contributed by atoms with Gasteiger partial charge in [0.1, 0.15) is 6.23 Å². The maximum Gasteiger partial charge on any atom is 0.309 e. The lowest BCUT2D eigenvalue weighted by molar-refractivity contribution is -0.140. The number of sulfonamides is 1. The third-order valence-electron chi connectivity index (χ3n) is 4.29. The molecule has 1 atom stereocenters. The lowest BCUT2D eigenvalue weighted by atomic mass is 10.3. The SMILES string of the molecule is CCCNC(=O)C(=O)NC[C@H]1OCCCN1S(=O)(=O)c1ccc(OC)c(OC)c1. The van der Waals surface area contributed by atoms with Crippen LogP contribution in [0.1, 0.15) is 19.8 Å². The van der Waals surface area contributed by atoms with Crippen molar-refractivity contribution in [2.45, 2.75) is 30.9 Å². The van der Waals surface area contributed by atoms with Crippen molar-refractivity contribution in [3.8, 4) is 11.5 Å². The van der Waals surface area contributed by atoms with Gasteiger partial charge in [0, 0.05) is 19.2 Å². The zero-order valence-electron chi connectivity index (χ0n) is 16.8. The molecule has 1 fully saturated rings. The molecular formula is C18H27N3O7S. The normalized spacial score (nSPS) is 17.4. The minimum absolute atomic E-state index is 0.0117. The Morgan fingerprint density at radius 2 is 1.86 bits per heavy atom. The third-order valence-corrected chi connectivity index (χ3v) is 6.18. The summed E-state index contributed by atoms with van der Waals surface area (Å²) in [6.45, 7) is 2.67. The van der Waals surface area contributed by atoms with Crippen LogP contribution < -0.4 is 20.1 Å². The van der Waals surface area contributed by atoms with Gasteiger partial charge in [-0.15, -0.1) is 0 Å². The van der Waals surface area contributed by atoms with Crippen LogP contribution in [0.15, 0.2) is 23.1 Å². The molecule has 0 unspecified atom stereocenters. The average molecular weight is 429 g/mol. The number of benzene rings is 1. The lowest BCUT2D eigenvalue weighted by Crippen LogP contribution is -2.53. The molecule has 0 saturated carbocycles. The van der Waals surface area contributed by atoms with Gasteiger partial charge in [-0.05, 0) is 25.0 Å². The third kappa shape index (κ3) is 5.58. The molecule has 1 heterocycles. The van der Waals surface area contributed by atoms with E-state index in [4.69, 9.17) is 14.2 Å². The van der Waals surface area contributed by atoms with Crippen LogP contribution in [0.2, 0.25) is 0 Å². The van der Waals surface area contributed by atoms with Crippen LogP contribution in [0, 0.1) is 0 Å². The molecule has 10 nitrogen and oxygen atoms in total. The summed E-state index contributed by atoms with van der Waals surface area (Å²) in [5.74, 6) is -0.916. The zero-order valence-corrected chi connectivity index (χ0v) is 17.6. The average Bonchev–Trinajstić information content (AvgIpc) is 2.75. The van der Waals surface area contributed by atoms with E-state index in [0.717, 1.165) is 0 Å². The number of nitrogens with zero attached hydrogens (tertiary/aromatic N) is 1. The van der Waals surface area contributed by atoms with Crippen molar-refractivity contribution in [2.75, 3.05) is 40.5 Å². The zero-order chi connectivity index (χ0) is 21.4. The molecule has 0 radical (unpaired) electrons. The van der Waals surface area contributed by atoms with Gasteiger partial charge < -0.3 is 24.8 Å². The minimum atomic E-state index is -3.93. The number of carbonyl (C=O) groups excluding carboxylic acids is 2. The molecule has 162 valence electrons. The second-order valence-corrected chi connectivity index (χ2v) is 8.17. The summed E-state index contributed by atoms with van der Waals surface area (Å²) in [6, 6.07) is 4.29. The van der Waals surface area contributed by atoms with Crippen LogP contribution in [0.4, 0.5) is 0 Å². The topological polar surface area (TPSA) is 123 Å². The van der Waals surface area contributed by atoms with Gasteiger partial charge >= 0.3 is 11.8 Å². The van der Waals surface area contributed by atoms with Crippen molar-refractivity contribution in [1.29, 1.82) is 0 Å². The first-order valence-electron chi connectivity index (χ1n) is 9.26. The maximum absolute atomic E-state index is 13.1. The van der Waals surface area contributed by atoms with Crippen LogP contribution in [0.5, 0.6) is 11.5 Å². The van der Waals surface area contributed by atoms with Crippen LogP contribution in [-0.2, 0) is 24.3 Å². The van der Waals surface area contributed by atoms with E-state index in [1.807, 2.05) is 6.92 Å². The van der Waals surface area contributed by atoms with Gasteiger partial charge in [-0.25, -0.2) is 8.42 Å². The van der Waals surface area contributed by atoms with Gasteiger partial charge in [-0.1, -0.05) is 6.92 Å². The fourth-order valence-corrected chi connectivity index (χ4v) is 4.38. The van der Waals surface area contributed by atoms with Crippen LogP contribution >= 0.6 is 0 Å². The molecular weight excluding hydrogens is 402 g/mol. The smallest absolute Gasteiger partial charge is 0.309 e. The first-order chi connectivity index (χ1) is 13.8. The molecule has 1 saturated heterocycles. The highest BCUT2D eigenvalue weighted by Crippen LogP contribution is 2.31. The molecule has 29 heavy (non-hydrogen) atoms. The molecule has 0 aliphatic carbocycles. The standard InChI is InChI=1S/C18H27N3O7S/c1-4-8-19-17(22)18(23)20-12-16-21(9-5-10-28-16)29(24,25)13-6-7-14(26-2)15(11-13)27-3/h6-7,11,16H,4-5,8-10,12H2,1-3H3,(H,19,22)(H,20,23)/t16-/m1/s1. The quantitative estimate of drug-likeness (QED) is 0.561. The number of amides is 2. The molecule has 2 N–H and O–H groups in total.